The molecule has 1 saturated carbocycles. The van der Waals surface area contributed by atoms with E-state index in [1.165, 1.54) is 6.26 Å². The highest BCUT2D eigenvalue weighted by Gasteiger charge is 2.47. The summed E-state index contributed by atoms with van der Waals surface area (Å²) in [6.45, 7) is 0.526. The van der Waals surface area contributed by atoms with Gasteiger partial charge in [-0.25, -0.2) is 4.79 Å². The van der Waals surface area contributed by atoms with Crippen LogP contribution in [0.3, 0.4) is 0 Å². The Kier molecular flexibility index (Phi) is 4.76. The van der Waals surface area contributed by atoms with Gasteiger partial charge in [-0.05, 0) is 48.6 Å². The molecule has 2 aromatic rings. The van der Waals surface area contributed by atoms with Crippen molar-refractivity contribution in [1.82, 2.24) is 10.6 Å². The number of carbonyl (C=O) groups is 1. The van der Waals surface area contributed by atoms with Crippen LogP contribution in [0.5, 0.6) is 5.75 Å². The van der Waals surface area contributed by atoms with Crippen molar-refractivity contribution in [3.63, 3.8) is 0 Å². The zero-order chi connectivity index (χ0) is 17.0. The first-order chi connectivity index (χ1) is 11.6. The Labute approximate surface area is 140 Å². The predicted molar refractivity (Wildman–Crippen MR) is 88.6 cm³/mol. The summed E-state index contributed by atoms with van der Waals surface area (Å²) in [6.07, 6.45) is 3.41. The fraction of sp³-hybridized carbons (Fsp3) is 0.389. The van der Waals surface area contributed by atoms with Crippen molar-refractivity contribution in [2.75, 3.05) is 13.7 Å². The zero-order valence-corrected chi connectivity index (χ0v) is 13.6. The molecule has 3 N–H and O–H groups in total. The lowest BCUT2D eigenvalue weighted by molar-refractivity contribution is -0.00449. The summed E-state index contributed by atoms with van der Waals surface area (Å²) in [5, 5.41) is 16.4. The van der Waals surface area contributed by atoms with Gasteiger partial charge < -0.3 is 24.9 Å². The molecular weight excluding hydrogens is 308 g/mol. The highest BCUT2D eigenvalue weighted by molar-refractivity contribution is 5.73. The smallest absolute Gasteiger partial charge is 0.315 e. The zero-order valence-electron chi connectivity index (χ0n) is 13.6. The van der Waals surface area contributed by atoms with Crippen LogP contribution in [0, 0.1) is 5.92 Å². The first-order valence-electron chi connectivity index (χ1n) is 8.03. The van der Waals surface area contributed by atoms with E-state index in [2.05, 4.69) is 10.6 Å². The number of ether oxygens (including phenoxy) is 1. The minimum Gasteiger partial charge on any atom is -0.497 e. The van der Waals surface area contributed by atoms with Gasteiger partial charge in [0.1, 0.15) is 17.1 Å². The Hall–Kier alpha value is -2.47. The molecular formula is C18H22N2O4. The van der Waals surface area contributed by atoms with Gasteiger partial charge in [0.15, 0.2) is 0 Å². The van der Waals surface area contributed by atoms with Crippen LogP contribution in [0.2, 0.25) is 0 Å². The lowest BCUT2D eigenvalue weighted by atomic mass is 9.94. The summed E-state index contributed by atoms with van der Waals surface area (Å²) in [4.78, 5) is 12.0. The summed E-state index contributed by atoms with van der Waals surface area (Å²) in [5.74, 6) is 1.40. The van der Waals surface area contributed by atoms with Crippen LogP contribution in [0.15, 0.2) is 47.1 Å². The van der Waals surface area contributed by atoms with Crippen LogP contribution < -0.4 is 15.4 Å². The average Bonchev–Trinajstić information content (AvgIpc) is 3.33. The summed E-state index contributed by atoms with van der Waals surface area (Å²) < 4.78 is 10.4. The highest BCUT2D eigenvalue weighted by atomic mass is 16.5. The summed E-state index contributed by atoms with van der Waals surface area (Å²) in [6, 6.07) is 10.6. The van der Waals surface area contributed by atoms with E-state index in [0.29, 0.717) is 12.3 Å². The first-order valence-corrected chi connectivity index (χ1v) is 8.03. The average molecular weight is 330 g/mol. The second-order valence-corrected chi connectivity index (χ2v) is 6.06. The molecule has 1 atom stereocenters. The number of methoxy groups -OCH3 is 1. The predicted octanol–water partition coefficient (Wildman–Crippen LogP) is 2.39. The fourth-order valence-corrected chi connectivity index (χ4v) is 2.72. The van der Waals surface area contributed by atoms with Crippen LogP contribution in [0.1, 0.15) is 24.2 Å². The third kappa shape index (κ3) is 3.71. The number of carbonyl (C=O) groups excluding carboxylic acids is 1. The summed E-state index contributed by atoms with van der Waals surface area (Å²) >= 11 is 0. The van der Waals surface area contributed by atoms with Crippen molar-refractivity contribution in [1.29, 1.82) is 0 Å². The SMILES string of the molecule is COc1ccc(CNC(=O)NC[C@@](O)(c2ccco2)C2CC2)cc1. The maximum atomic E-state index is 12.0. The molecule has 0 radical (unpaired) electrons. The first kappa shape index (κ1) is 16.4. The van der Waals surface area contributed by atoms with E-state index in [9.17, 15) is 9.90 Å². The van der Waals surface area contributed by atoms with E-state index < -0.39 is 5.60 Å². The molecule has 0 unspecified atom stereocenters. The van der Waals surface area contributed by atoms with Gasteiger partial charge in [0, 0.05) is 6.54 Å². The Balaban J connectivity index is 1.51. The number of hydrogen-bond acceptors (Lipinski definition) is 4. The minimum atomic E-state index is -1.14. The summed E-state index contributed by atoms with van der Waals surface area (Å²) in [5.41, 5.74) is -0.171. The molecule has 24 heavy (non-hydrogen) atoms. The van der Waals surface area contributed by atoms with E-state index >= 15 is 0 Å². The molecule has 0 saturated heterocycles. The lowest BCUT2D eigenvalue weighted by Crippen LogP contribution is -2.45. The molecule has 1 aliphatic carbocycles. The molecule has 6 nitrogen and oxygen atoms in total. The van der Waals surface area contributed by atoms with Crippen molar-refractivity contribution < 1.29 is 19.1 Å². The van der Waals surface area contributed by atoms with Crippen LogP contribution >= 0.6 is 0 Å². The Morgan fingerprint density at radius 1 is 1.29 bits per heavy atom. The van der Waals surface area contributed by atoms with E-state index in [1.54, 1.807) is 19.2 Å². The molecule has 1 heterocycles. The van der Waals surface area contributed by atoms with Gasteiger partial charge >= 0.3 is 6.03 Å². The second-order valence-electron chi connectivity index (χ2n) is 6.06. The van der Waals surface area contributed by atoms with Gasteiger partial charge in [-0.3, -0.25) is 0 Å². The molecule has 0 aliphatic heterocycles. The number of amides is 2. The molecule has 1 fully saturated rings. The summed E-state index contributed by atoms with van der Waals surface area (Å²) in [7, 11) is 1.61. The second kappa shape index (κ2) is 6.97. The van der Waals surface area contributed by atoms with Crippen molar-refractivity contribution in [3.05, 3.63) is 54.0 Å². The number of rotatable bonds is 7. The van der Waals surface area contributed by atoms with E-state index in [4.69, 9.17) is 9.15 Å². The third-order valence-electron chi connectivity index (χ3n) is 4.33. The van der Waals surface area contributed by atoms with Gasteiger partial charge in [0.2, 0.25) is 0 Å². The van der Waals surface area contributed by atoms with Crippen LogP contribution in [-0.2, 0) is 12.1 Å². The molecule has 1 aromatic heterocycles. The molecule has 3 rings (SSSR count). The molecule has 2 amide bonds. The number of furan rings is 1. The van der Waals surface area contributed by atoms with Crippen molar-refractivity contribution in [2.24, 2.45) is 5.92 Å². The standard InChI is InChI=1S/C18H22N2O4/c1-23-15-8-4-13(5-9-15)11-19-17(21)20-12-18(22,14-6-7-14)16-3-2-10-24-16/h2-5,8-10,14,22H,6-7,11-12H2,1H3,(H2,19,20,21)/t18-/m0/s1. The molecule has 0 spiro atoms. The van der Waals surface area contributed by atoms with Gasteiger partial charge in [0.05, 0.1) is 19.9 Å². The maximum absolute atomic E-state index is 12.0. The number of urea groups is 1. The quantitative estimate of drug-likeness (QED) is 0.728. The van der Waals surface area contributed by atoms with Crippen molar-refractivity contribution >= 4 is 6.03 Å². The van der Waals surface area contributed by atoms with Gasteiger partial charge in [0.25, 0.3) is 0 Å². The van der Waals surface area contributed by atoms with Gasteiger partial charge in [-0.1, -0.05) is 12.1 Å². The topological polar surface area (TPSA) is 83.7 Å². The number of benzene rings is 1. The van der Waals surface area contributed by atoms with Crippen molar-refractivity contribution in [2.45, 2.75) is 25.0 Å². The monoisotopic (exact) mass is 330 g/mol. The molecule has 0 bridgehead atoms. The van der Waals surface area contributed by atoms with E-state index in [1.807, 2.05) is 24.3 Å². The largest absolute Gasteiger partial charge is 0.497 e. The molecule has 1 aliphatic rings. The Morgan fingerprint density at radius 3 is 2.62 bits per heavy atom. The lowest BCUT2D eigenvalue weighted by Gasteiger charge is -2.26. The Bertz CT molecular complexity index is 665. The fourth-order valence-electron chi connectivity index (χ4n) is 2.72. The van der Waals surface area contributed by atoms with E-state index in [-0.39, 0.29) is 18.5 Å². The minimum absolute atomic E-state index is 0.125. The van der Waals surface area contributed by atoms with Crippen LogP contribution in [0.25, 0.3) is 0 Å². The molecule has 1 aromatic carbocycles. The Morgan fingerprint density at radius 2 is 2.04 bits per heavy atom. The van der Waals surface area contributed by atoms with E-state index in [0.717, 1.165) is 24.2 Å². The number of nitrogens with one attached hydrogen (secondary N) is 2. The van der Waals surface area contributed by atoms with Gasteiger partial charge in [-0.2, -0.15) is 0 Å². The molecule has 128 valence electrons. The normalized spacial score (nSPS) is 16.2. The van der Waals surface area contributed by atoms with Crippen LogP contribution in [0.4, 0.5) is 4.79 Å². The maximum Gasteiger partial charge on any atom is 0.315 e. The van der Waals surface area contributed by atoms with Gasteiger partial charge in [-0.15, -0.1) is 0 Å². The molecule has 6 heteroatoms. The number of aliphatic hydroxyl groups is 1. The number of hydrogen-bond donors (Lipinski definition) is 3. The third-order valence-corrected chi connectivity index (χ3v) is 4.33. The van der Waals surface area contributed by atoms with Crippen LogP contribution in [-0.4, -0.2) is 24.8 Å². The van der Waals surface area contributed by atoms with Crippen molar-refractivity contribution in [3.8, 4) is 5.75 Å². The highest BCUT2D eigenvalue weighted by Crippen LogP contribution is 2.45.